The van der Waals surface area contributed by atoms with Crippen molar-refractivity contribution in [1.82, 2.24) is 0 Å². The van der Waals surface area contributed by atoms with Crippen LogP contribution in [0.1, 0.15) is 41.5 Å². The highest BCUT2D eigenvalue weighted by molar-refractivity contribution is 5.76. The minimum Gasteiger partial charge on any atom is -0.480 e. The highest BCUT2D eigenvalue weighted by atomic mass is 16.4. The Morgan fingerprint density at radius 3 is 2.21 bits per heavy atom. The summed E-state index contributed by atoms with van der Waals surface area (Å²) in [5.74, 6) is -0.856. The molecule has 19 heavy (non-hydrogen) atoms. The summed E-state index contributed by atoms with van der Waals surface area (Å²) in [6.07, 6.45) is 2.82. The maximum absolute atomic E-state index is 11.0. The summed E-state index contributed by atoms with van der Waals surface area (Å²) >= 11 is 0. The lowest BCUT2D eigenvalue weighted by Crippen LogP contribution is -2.72. The third kappa shape index (κ3) is 1.51. The summed E-state index contributed by atoms with van der Waals surface area (Å²) < 4.78 is 0. The predicted octanol–water partition coefficient (Wildman–Crippen LogP) is 2.45. The molecule has 3 aliphatic rings. The van der Waals surface area contributed by atoms with E-state index in [0.717, 1.165) is 19.3 Å². The van der Waals surface area contributed by atoms with Crippen LogP contribution in [-0.4, -0.2) is 17.1 Å². The Bertz CT molecular complexity index is 557. The first-order valence-electron chi connectivity index (χ1n) is 6.86. The first kappa shape index (κ1) is 12.7. The lowest BCUT2D eigenvalue weighted by Gasteiger charge is -2.72. The van der Waals surface area contributed by atoms with Gasteiger partial charge in [-0.05, 0) is 73.1 Å². The topological polar surface area (TPSA) is 63.3 Å². The van der Waals surface area contributed by atoms with Crippen LogP contribution in [0.5, 0.6) is 0 Å². The molecule has 1 aromatic carbocycles. The Balaban J connectivity index is 1.86. The van der Waals surface area contributed by atoms with E-state index in [4.69, 9.17) is 10.8 Å². The number of rotatable bonds is 3. The van der Waals surface area contributed by atoms with Crippen molar-refractivity contribution in [2.45, 2.75) is 51.5 Å². The lowest BCUT2D eigenvalue weighted by atomic mass is 9.31. The van der Waals surface area contributed by atoms with E-state index in [1.165, 1.54) is 22.3 Å². The monoisotopic (exact) mass is 259 g/mol. The van der Waals surface area contributed by atoms with Crippen molar-refractivity contribution >= 4 is 5.97 Å². The highest BCUT2D eigenvalue weighted by Gasteiger charge is 2.71. The van der Waals surface area contributed by atoms with E-state index in [9.17, 15) is 4.79 Å². The number of nitrogens with two attached hydrogens (primary N) is 1. The van der Waals surface area contributed by atoms with Gasteiger partial charge >= 0.3 is 5.97 Å². The van der Waals surface area contributed by atoms with Crippen LogP contribution < -0.4 is 5.73 Å². The van der Waals surface area contributed by atoms with E-state index in [-0.39, 0.29) is 10.8 Å². The molecule has 0 aliphatic heterocycles. The number of benzene rings is 1. The first-order chi connectivity index (χ1) is 8.80. The van der Waals surface area contributed by atoms with Gasteiger partial charge in [-0.25, -0.2) is 0 Å². The van der Waals surface area contributed by atoms with Gasteiger partial charge in [0.15, 0.2) is 0 Å². The van der Waals surface area contributed by atoms with Gasteiger partial charge in [-0.15, -0.1) is 0 Å². The third-order valence-electron chi connectivity index (χ3n) is 5.41. The van der Waals surface area contributed by atoms with Gasteiger partial charge in [-0.1, -0.05) is 12.1 Å². The second-order valence-corrected chi connectivity index (χ2v) is 6.74. The molecule has 0 heterocycles. The Morgan fingerprint density at radius 1 is 1.16 bits per heavy atom. The van der Waals surface area contributed by atoms with Crippen LogP contribution in [-0.2, 0) is 10.2 Å². The van der Waals surface area contributed by atoms with Gasteiger partial charge in [0.1, 0.15) is 6.04 Å². The second-order valence-electron chi connectivity index (χ2n) is 6.74. The molecule has 2 bridgehead atoms. The molecule has 0 amide bonds. The molecule has 3 nitrogen and oxygen atoms in total. The number of carbonyl (C=O) groups is 1. The largest absolute Gasteiger partial charge is 0.480 e. The summed E-state index contributed by atoms with van der Waals surface area (Å²) in [6, 6.07) is 3.84. The van der Waals surface area contributed by atoms with Crippen molar-refractivity contribution in [2.75, 3.05) is 0 Å². The first-order valence-corrected chi connectivity index (χ1v) is 6.86. The smallest absolute Gasteiger partial charge is 0.321 e. The van der Waals surface area contributed by atoms with E-state index in [1.54, 1.807) is 0 Å². The summed E-state index contributed by atoms with van der Waals surface area (Å²) in [4.78, 5) is 11.0. The van der Waals surface area contributed by atoms with E-state index >= 15 is 0 Å². The van der Waals surface area contributed by atoms with Gasteiger partial charge in [0.25, 0.3) is 0 Å². The molecule has 3 saturated carbocycles. The van der Waals surface area contributed by atoms with Crippen molar-refractivity contribution < 1.29 is 9.90 Å². The molecular weight excluding hydrogens is 238 g/mol. The quantitative estimate of drug-likeness (QED) is 0.876. The van der Waals surface area contributed by atoms with Crippen LogP contribution in [0.3, 0.4) is 0 Å². The minimum absolute atomic E-state index is 0.128. The Labute approximate surface area is 113 Å². The van der Waals surface area contributed by atoms with Crippen molar-refractivity contribution in [3.63, 3.8) is 0 Å². The SMILES string of the molecule is Cc1cc(C)c(C23CC(C(N)C(=O)O)(C2)C3)cc1C. The van der Waals surface area contributed by atoms with Crippen molar-refractivity contribution in [3.05, 3.63) is 34.4 Å². The zero-order chi connectivity index (χ0) is 14.0. The zero-order valence-electron chi connectivity index (χ0n) is 11.8. The fourth-order valence-electron chi connectivity index (χ4n) is 4.28. The van der Waals surface area contributed by atoms with E-state index in [2.05, 4.69) is 32.9 Å². The van der Waals surface area contributed by atoms with E-state index in [1.807, 2.05) is 0 Å². The maximum atomic E-state index is 11.0. The molecule has 0 radical (unpaired) electrons. The molecule has 1 atom stereocenters. The fraction of sp³-hybridized carbons (Fsp3) is 0.562. The molecule has 0 saturated heterocycles. The third-order valence-corrected chi connectivity index (χ3v) is 5.41. The van der Waals surface area contributed by atoms with Crippen LogP contribution in [0.2, 0.25) is 0 Å². The lowest BCUT2D eigenvalue weighted by molar-refractivity contribution is -0.179. The van der Waals surface area contributed by atoms with Gasteiger partial charge in [-0.2, -0.15) is 0 Å². The zero-order valence-corrected chi connectivity index (χ0v) is 11.8. The standard InChI is InChI=1S/C16H21NO2/c1-9-4-11(3)12(5-10(9)2)15-6-16(7-15,8-15)13(17)14(18)19/h4-5,13H,6-8,17H2,1-3H3,(H,18,19). The second kappa shape index (κ2) is 3.60. The van der Waals surface area contributed by atoms with Gasteiger partial charge < -0.3 is 10.8 Å². The molecule has 0 spiro atoms. The molecular formula is C16H21NO2. The van der Waals surface area contributed by atoms with Gasteiger partial charge in [-0.3, -0.25) is 4.79 Å². The van der Waals surface area contributed by atoms with Crippen LogP contribution in [0.15, 0.2) is 12.1 Å². The summed E-state index contributed by atoms with van der Waals surface area (Å²) in [6.45, 7) is 6.43. The average Bonchev–Trinajstić information content (AvgIpc) is 2.21. The van der Waals surface area contributed by atoms with Crippen molar-refractivity contribution in [2.24, 2.45) is 11.1 Å². The van der Waals surface area contributed by atoms with Crippen LogP contribution in [0.4, 0.5) is 0 Å². The van der Waals surface area contributed by atoms with Crippen molar-refractivity contribution in [3.8, 4) is 0 Å². The molecule has 3 aliphatic carbocycles. The molecule has 1 unspecified atom stereocenters. The molecule has 1 aromatic rings. The number of carboxylic acids is 1. The van der Waals surface area contributed by atoms with Gasteiger partial charge in [0, 0.05) is 0 Å². The van der Waals surface area contributed by atoms with Crippen LogP contribution in [0.25, 0.3) is 0 Å². The summed E-state index contributed by atoms with van der Waals surface area (Å²) in [5.41, 5.74) is 11.3. The summed E-state index contributed by atoms with van der Waals surface area (Å²) in [7, 11) is 0. The van der Waals surface area contributed by atoms with Gasteiger partial charge in [0.2, 0.25) is 0 Å². The van der Waals surface area contributed by atoms with Crippen LogP contribution >= 0.6 is 0 Å². The molecule has 0 aromatic heterocycles. The minimum atomic E-state index is -0.856. The number of aliphatic carboxylic acids is 1. The molecule has 3 N–H and O–H groups in total. The van der Waals surface area contributed by atoms with Gasteiger partial charge in [0.05, 0.1) is 0 Å². The molecule has 3 fully saturated rings. The van der Waals surface area contributed by atoms with E-state index in [0.29, 0.717) is 0 Å². The van der Waals surface area contributed by atoms with Crippen molar-refractivity contribution in [1.29, 1.82) is 0 Å². The molecule has 3 heteroatoms. The maximum Gasteiger partial charge on any atom is 0.321 e. The van der Waals surface area contributed by atoms with Crippen LogP contribution in [0, 0.1) is 26.2 Å². The Morgan fingerprint density at radius 2 is 1.68 bits per heavy atom. The van der Waals surface area contributed by atoms with E-state index < -0.39 is 12.0 Å². The Kier molecular flexibility index (Phi) is 2.40. The highest BCUT2D eigenvalue weighted by Crippen LogP contribution is 2.75. The summed E-state index contributed by atoms with van der Waals surface area (Å²) in [5, 5.41) is 9.07. The Hall–Kier alpha value is -1.35. The molecule has 4 rings (SSSR count). The molecule has 102 valence electrons. The number of aryl methyl sites for hydroxylation is 3. The number of hydrogen-bond acceptors (Lipinski definition) is 2. The number of carboxylic acid groups (broad SMARTS) is 1. The fourth-order valence-corrected chi connectivity index (χ4v) is 4.28. The number of hydrogen-bond donors (Lipinski definition) is 2. The average molecular weight is 259 g/mol. The normalized spacial score (nSPS) is 33.3. The predicted molar refractivity (Wildman–Crippen MR) is 74.2 cm³/mol.